The summed E-state index contributed by atoms with van der Waals surface area (Å²) in [6.45, 7) is 6.47. The van der Waals surface area contributed by atoms with Crippen LogP contribution in [0.1, 0.15) is 32.4 Å². The first-order valence-electron chi connectivity index (χ1n) is 6.42. The fourth-order valence-electron chi connectivity index (χ4n) is 1.62. The summed E-state index contributed by atoms with van der Waals surface area (Å²) >= 11 is 0. The highest BCUT2D eigenvalue weighted by molar-refractivity contribution is 5.30. The molecule has 0 aromatic heterocycles. The molecule has 0 aliphatic heterocycles. The first kappa shape index (κ1) is 15.9. The zero-order chi connectivity index (χ0) is 14.3. The highest BCUT2D eigenvalue weighted by Gasteiger charge is 2.12. The monoisotopic (exact) mass is 272 g/mol. The van der Waals surface area contributed by atoms with E-state index >= 15 is 0 Å². The molecule has 0 heterocycles. The molecule has 0 amide bonds. The van der Waals surface area contributed by atoms with Gasteiger partial charge in [-0.1, -0.05) is 0 Å². The van der Waals surface area contributed by atoms with Gasteiger partial charge in [-0.05, 0) is 32.9 Å². The Morgan fingerprint density at radius 2 is 1.84 bits per heavy atom. The lowest BCUT2D eigenvalue weighted by Gasteiger charge is -2.17. The summed E-state index contributed by atoms with van der Waals surface area (Å²) in [6.07, 6.45) is -1.30. The highest BCUT2D eigenvalue weighted by atomic mass is 19.1. The predicted octanol–water partition coefficient (Wildman–Crippen LogP) is 2.66. The fraction of sp³-hybridized carbons (Fsp3) is 0.571. The van der Waals surface area contributed by atoms with Crippen LogP contribution in [-0.2, 0) is 9.47 Å². The Morgan fingerprint density at radius 1 is 1.21 bits per heavy atom. The maximum Gasteiger partial charge on any atom is 0.191 e. The van der Waals surface area contributed by atoms with Gasteiger partial charge in [0.1, 0.15) is 18.2 Å². The second-order valence-corrected chi connectivity index (χ2v) is 4.01. The van der Waals surface area contributed by atoms with Crippen LogP contribution in [0.25, 0.3) is 0 Å². The van der Waals surface area contributed by atoms with Gasteiger partial charge in [-0.3, -0.25) is 0 Å². The Hall–Kier alpha value is -1.17. The molecule has 5 heteroatoms. The van der Waals surface area contributed by atoms with Gasteiger partial charge in [0.2, 0.25) is 0 Å². The minimum absolute atomic E-state index is 0.190. The average molecular weight is 272 g/mol. The van der Waals surface area contributed by atoms with E-state index in [9.17, 15) is 9.50 Å². The van der Waals surface area contributed by atoms with Gasteiger partial charge in [0.15, 0.2) is 6.29 Å². The molecule has 1 unspecified atom stereocenters. The molecule has 1 N–H and O–H groups in total. The summed E-state index contributed by atoms with van der Waals surface area (Å²) in [5, 5.41) is 9.33. The second kappa shape index (κ2) is 8.09. The van der Waals surface area contributed by atoms with Gasteiger partial charge in [0.25, 0.3) is 0 Å². The lowest BCUT2D eigenvalue weighted by Crippen LogP contribution is -2.25. The van der Waals surface area contributed by atoms with E-state index in [0.717, 1.165) is 0 Å². The molecule has 0 aliphatic rings. The molecule has 0 saturated heterocycles. The molecule has 4 nitrogen and oxygen atoms in total. The van der Waals surface area contributed by atoms with E-state index in [1.807, 2.05) is 13.8 Å². The minimum Gasteiger partial charge on any atom is -0.488 e. The van der Waals surface area contributed by atoms with Crippen molar-refractivity contribution in [2.24, 2.45) is 0 Å². The van der Waals surface area contributed by atoms with Crippen LogP contribution in [0.15, 0.2) is 18.2 Å². The van der Waals surface area contributed by atoms with Gasteiger partial charge < -0.3 is 19.3 Å². The molecule has 1 aromatic carbocycles. The van der Waals surface area contributed by atoms with E-state index in [4.69, 9.17) is 14.2 Å². The highest BCUT2D eigenvalue weighted by Crippen LogP contribution is 2.21. The Bertz CT molecular complexity index is 376. The summed E-state index contributed by atoms with van der Waals surface area (Å²) < 4.78 is 29.7. The van der Waals surface area contributed by atoms with Crippen molar-refractivity contribution in [1.82, 2.24) is 0 Å². The van der Waals surface area contributed by atoms with E-state index in [2.05, 4.69) is 0 Å². The summed E-state index contributed by atoms with van der Waals surface area (Å²) in [5.41, 5.74) is 0.249. The number of ether oxygens (including phenoxy) is 3. The van der Waals surface area contributed by atoms with Gasteiger partial charge in [0, 0.05) is 24.8 Å². The smallest absolute Gasteiger partial charge is 0.191 e. The second-order valence-electron chi connectivity index (χ2n) is 4.01. The van der Waals surface area contributed by atoms with Gasteiger partial charge in [0.05, 0.1) is 6.10 Å². The van der Waals surface area contributed by atoms with Crippen molar-refractivity contribution in [1.29, 1.82) is 0 Å². The topological polar surface area (TPSA) is 47.9 Å². The summed E-state index contributed by atoms with van der Waals surface area (Å²) in [7, 11) is 0. The number of hydrogen-bond acceptors (Lipinski definition) is 4. The molecule has 1 aromatic rings. The van der Waals surface area contributed by atoms with E-state index in [0.29, 0.717) is 19.0 Å². The predicted molar refractivity (Wildman–Crippen MR) is 69.6 cm³/mol. The molecule has 19 heavy (non-hydrogen) atoms. The van der Waals surface area contributed by atoms with Crippen LogP contribution in [0.4, 0.5) is 4.39 Å². The maximum absolute atomic E-state index is 13.6. The first-order valence-corrected chi connectivity index (χ1v) is 6.42. The fourth-order valence-corrected chi connectivity index (χ4v) is 1.62. The lowest BCUT2D eigenvalue weighted by atomic mass is 10.1. The van der Waals surface area contributed by atoms with Crippen LogP contribution in [-0.4, -0.2) is 31.2 Å². The molecule has 108 valence electrons. The number of rotatable bonds is 8. The normalized spacial score (nSPS) is 12.7. The van der Waals surface area contributed by atoms with Crippen molar-refractivity contribution in [3.05, 3.63) is 29.6 Å². The first-order chi connectivity index (χ1) is 9.08. The molecule has 1 rings (SSSR count). The van der Waals surface area contributed by atoms with Gasteiger partial charge >= 0.3 is 0 Å². The number of hydrogen-bond donors (Lipinski definition) is 1. The molecule has 0 saturated carbocycles. The molecule has 0 aliphatic carbocycles. The van der Waals surface area contributed by atoms with Gasteiger partial charge in [-0.25, -0.2) is 4.39 Å². The maximum atomic E-state index is 13.6. The average Bonchev–Trinajstić information content (AvgIpc) is 2.36. The number of aliphatic hydroxyl groups is 1. The van der Waals surface area contributed by atoms with Crippen LogP contribution in [0.5, 0.6) is 5.75 Å². The summed E-state index contributed by atoms with van der Waals surface area (Å²) in [4.78, 5) is 0. The zero-order valence-corrected chi connectivity index (χ0v) is 11.6. The van der Waals surface area contributed by atoms with Crippen LogP contribution in [0.3, 0.4) is 0 Å². The van der Waals surface area contributed by atoms with E-state index in [1.165, 1.54) is 19.1 Å². The Kier molecular flexibility index (Phi) is 6.77. The van der Waals surface area contributed by atoms with Crippen molar-refractivity contribution >= 4 is 0 Å². The van der Waals surface area contributed by atoms with Crippen LogP contribution >= 0.6 is 0 Å². The SMILES string of the molecule is CCOC(COc1ccc(C(C)O)c(F)c1)OCC. The standard InChI is InChI=1S/C14H21FO4/c1-4-17-14(18-5-2)9-19-11-6-7-12(10(3)16)13(15)8-11/h6-8,10,14,16H,4-5,9H2,1-3H3. The third kappa shape index (κ3) is 5.14. The molecule has 0 spiro atoms. The van der Waals surface area contributed by atoms with Crippen molar-refractivity contribution in [3.63, 3.8) is 0 Å². The quantitative estimate of drug-likeness (QED) is 0.739. The largest absolute Gasteiger partial charge is 0.488 e. The molecule has 0 bridgehead atoms. The van der Waals surface area contributed by atoms with Crippen LogP contribution in [0.2, 0.25) is 0 Å². The van der Waals surface area contributed by atoms with E-state index < -0.39 is 18.2 Å². The van der Waals surface area contributed by atoms with Crippen molar-refractivity contribution in [2.75, 3.05) is 19.8 Å². The minimum atomic E-state index is -0.839. The zero-order valence-electron chi connectivity index (χ0n) is 11.6. The third-order valence-corrected chi connectivity index (χ3v) is 2.51. The van der Waals surface area contributed by atoms with E-state index in [1.54, 1.807) is 6.07 Å². The van der Waals surface area contributed by atoms with E-state index in [-0.39, 0.29) is 12.2 Å². The Labute approximate surface area is 113 Å². The summed E-state index contributed by atoms with van der Waals surface area (Å²) in [6, 6.07) is 4.36. The molecule has 0 fully saturated rings. The molecular weight excluding hydrogens is 251 g/mol. The van der Waals surface area contributed by atoms with Crippen LogP contribution in [0, 0.1) is 5.82 Å². The third-order valence-electron chi connectivity index (χ3n) is 2.51. The number of benzene rings is 1. The van der Waals surface area contributed by atoms with Gasteiger partial charge in [-0.2, -0.15) is 0 Å². The summed E-state index contributed by atoms with van der Waals surface area (Å²) in [5.74, 6) is -0.108. The van der Waals surface area contributed by atoms with Crippen molar-refractivity contribution < 1.29 is 23.7 Å². The van der Waals surface area contributed by atoms with Crippen LogP contribution < -0.4 is 4.74 Å². The van der Waals surface area contributed by atoms with Gasteiger partial charge in [-0.15, -0.1) is 0 Å². The number of aliphatic hydroxyl groups excluding tert-OH is 1. The molecule has 0 radical (unpaired) electrons. The Morgan fingerprint density at radius 3 is 2.32 bits per heavy atom. The number of halogens is 1. The molecular formula is C14H21FO4. The van der Waals surface area contributed by atoms with Crippen molar-refractivity contribution in [3.8, 4) is 5.75 Å². The molecule has 1 atom stereocenters. The lowest BCUT2D eigenvalue weighted by molar-refractivity contribution is -0.152. The Balaban J connectivity index is 2.59. The van der Waals surface area contributed by atoms with Crippen molar-refractivity contribution in [2.45, 2.75) is 33.2 Å².